The molecule has 1 aliphatic rings. The summed E-state index contributed by atoms with van der Waals surface area (Å²) in [5.41, 5.74) is 0. The maximum Gasteiger partial charge on any atom is 0.261 e. The first kappa shape index (κ1) is 16.7. The Kier molecular flexibility index (Phi) is 5.60. The summed E-state index contributed by atoms with van der Waals surface area (Å²) in [6.07, 6.45) is 3.47. The van der Waals surface area contributed by atoms with Crippen molar-refractivity contribution in [2.45, 2.75) is 6.54 Å². The molecule has 1 fully saturated rings. The van der Waals surface area contributed by atoms with Crippen molar-refractivity contribution in [3.8, 4) is 0 Å². The molecule has 1 aliphatic heterocycles. The van der Waals surface area contributed by atoms with Crippen molar-refractivity contribution in [2.24, 2.45) is 0 Å². The number of nitrogens with one attached hydrogen (secondary N) is 1. The predicted molar refractivity (Wildman–Crippen MR) is 91.9 cm³/mol. The maximum absolute atomic E-state index is 12.2. The highest BCUT2D eigenvalue weighted by Gasteiger charge is 2.21. The van der Waals surface area contributed by atoms with Crippen LogP contribution in [0, 0.1) is 0 Å². The molecule has 0 saturated carbocycles. The molecule has 0 unspecified atom stereocenters. The van der Waals surface area contributed by atoms with Crippen molar-refractivity contribution in [1.29, 1.82) is 0 Å². The average Bonchev–Trinajstić information content (AvgIpc) is 3.29. The van der Waals surface area contributed by atoms with E-state index in [1.165, 1.54) is 11.3 Å². The number of amides is 2. The number of rotatable bonds is 6. The van der Waals surface area contributed by atoms with E-state index in [4.69, 9.17) is 0 Å². The lowest BCUT2D eigenvalue weighted by molar-refractivity contribution is -0.133. The molecule has 1 N–H and O–H groups in total. The van der Waals surface area contributed by atoms with Gasteiger partial charge in [0.1, 0.15) is 6.54 Å². The molecule has 0 aliphatic carbocycles. The van der Waals surface area contributed by atoms with Gasteiger partial charge < -0.3 is 10.2 Å². The number of nitrogens with zero attached hydrogens (tertiary/aromatic N) is 4. The second-order valence-corrected chi connectivity index (χ2v) is 6.61. The maximum atomic E-state index is 12.2. The number of thiophene rings is 1. The Balaban J connectivity index is 1.34. The average molecular weight is 347 g/mol. The van der Waals surface area contributed by atoms with Crippen LogP contribution in [0.25, 0.3) is 0 Å². The molecule has 3 heterocycles. The standard InChI is InChI=1S/C16H21N5O2S/c22-15(13-21-6-2-4-18-21)20-10-8-19(9-11-20)7-5-17-16(23)14-3-1-12-24-14/h1-4,6,12H,5,7-11,13H2,(H,17,23). The number of piperazine rings is 1. The van der Waals surface area contributed by atoms with Gasteiger partial charge in [0, 0.05) is 51.7 Å². The molecule has 3 rings (SSSR count). The van der Waals surface area contributed by atoms with Gasteiger partial charge >= 0.3 is 0 Å². The largest absolute Gasteiger partial charge is 0.350 e. The second kappa shape index (κ2) is 8.07. The summed E-state index contributed by atoms with van der Waals surface area (Å²) >= 11 is 1.44. The molecule has 0 aromatic carbocycles. The zero-order valence-corrected chi connectivity index (χ0v) is 14.2. The molecule has 24 heavy (non-hydrogen) atoms. The normalized spacial score (nSPS) is 15.4. The highest BCUT2D eigenvalue weighted by Crippen LogP contribution is 2.07. The van der Waals surface area contributed by atoms with E-state index in [9.17, 15) is 9.59 Å². The van der Waals surface area contributed by atoms with E-state index in [0.29, 0.717) is 13.1 Å². The zero-order chi connectivity index (χ0) is 16.8. The van der Waals surface area contributed by atoms with Crippen molar-refractivity contribution in [1.82, 2.24) is 24.9 Å². The van der Waals surface area contributed by atoms with Crippen LogP contribution < -0.4 is 5.32 Å². The van der Waals surface area contributed by atoms with Crippen LogP contribution in [0.15, 0.2) is 36.0 Å². The fraction of sp³-hybridized carbons (Fsp3) is 0.438. The van der Waals surface area contributed by atoms with Crippen LogP contribution in [-0.2, 0) is 11.3 Å². The lowest BCUT2D eigenvalue weighted by atomic mass is 10.3. The van der Waals surface area contributed by atoms with E-state index in [0.717, 1.165) is 37.6 Å². The van der Waals surface area contributed by atoms with E-state index >= 15 is 0 Å². The molecule has 8 heteroatoms. The van der Waals surface area contributed by atoms with Crippen LogP contribution in [-0.4, -0.2) is 70.7 Å². The van der Waals surface area contributed by atoms with Crippen LogP contribution >= 0.6 is 11.3 Å². The summed E-state index contributed by atoms with van der Waals surface area (Å²) in [6.45, 7) is 4.83. The molecule has 0 spiro atoms. The Morgan fingerprint density at radius 1 is 1.21 bits per heavy atom. The van der Waals surface area contributed by atoms with Gasteiger partial charge in [0.15, 0.2) is 0 Å². The minimum atomic E-state index is -0.0157. The van der Waals surface area contributed by atoms with Gasteiger partial charge in [0.2, 0.25) is 5.91 Å². The van der Waals surface area contributed by atoms with Gasteiger partial charge in [0.25, 0.3) is 5.91 Å². The van der Waals surface area contributed by atoms with Crippen molar-refractivity contribution in [3.05, 3.63) is 40.8 Å². The Morgan fingerprint density at radius 3 is 2.71 bits per heavy atom. The highest BCUT2D eigenvalue weighted by molar-refractivity contribution is 7.12. The number of hydrogen-bond acceptors (Lipinski definition) is 5. The van der Waals surface area contributed by atoms with E-state index in [1.54, 1.807) is 17.1 Å². The Morgan fingerprint density at radius 2 is 2.04 bits per heavy atom. The van der Waals surface area contributed by atoms with E-state index in [1.807, 2.05) is 28.5 Å². The summed E-state index contributed by atoms with van der Waals surface area (Å²) in [7, 11) is 0. The van der Waals surface area contributed by atoms with Crippen molar-refractivity contribution >= 4 is 23.2 Å². The second-order valence-electron chi connectivity index (χ2n) is 5.66. The SMILES string of the molecule is O=C(NCCN1CCN(C(=O)Cn2cccn2)CC1)c1cccs1. The molecule has 1 saturated heterocycles. The van der Waals surface area contributed by atoms with Gasteiger partial charge in [-0.2, -0.15) is 5.10 Å². The molecule has 0 atom stereocenters. The van der Waals surface area contributed by atoms with E-state index in [-0.39, 0.29) is 11.8 Å². The summed E-state index contributed by atoms with van der Waals surface area (Å²) in [5, 5.41) is 8.89. The smallest absolute Gasteiger partial charge is 0.261 e. The first-order valence-corrected chi connectivity index (χ1v) is 8.89. The molecule has 7 nitrogen and oxygen atoms in total. The lowest BCUT2D eigenvalue weighted by Gasteiger charge is -2.34. The Bertz CT molecular complexity index is 648. The van der Waals surface area contributed by atoms with Gasteiger partial charge in [-0.15, -0.1) is 11.3 Å². The minimum absolute atomic E-state index is 0.0157. The van der Waals surface area contributed by atoms with Crippen LogP contribution in [0.3, 0.4) is 0 Å². The summed E-state index contributed by atoms with van der Waals surface area (Å²) in [4.78, 5) is 28.9. The first-order valence-electron chi connectivity index (χ1n) is 8.01. The van der Waals surface area contributed by atoms with Crippen LogP contribution in [0.1, 0.15) is 9.67 Å². The predicted octanol–water partition coefficient (Wildman–Crippen LogP) is 0.519. The number of carbonyl (C=O) groups excluding carboxylic acids is 2. The van der Waals surface area contributed by atoms with Crippen LogP contribution in [0.5, 0.6) is 0 Å². The molecule has 2 aromatic heterocycles. The van der Waals surface area contributed by atoms with Gasteiger partial charge in [-0.05, 0) is 17.5 Å². The number of hydrogen-bond donors (Lipinski definition) is 1. The topological polar surface area (TPSA) is 70.5 Å². The number of carbonyl (C=O) groups is 2. The van der Waals surface area contributed by atoms with Gasteiger partial charge in [-0.25, -0.2) is 0 Å². The molecular formula is C16H21N5O2S. The highest BCUT2D eigenvalue weighted by atomic mass is 32.1. The first-order chi connectivity index (χ1) is 11.7. The van der Waals surface area contributed by atoms with E-state index < -0.39 is 0 Å². The summed E-state index contributed by atoms with van der Waals surface area (Å²) < 4.78 is 1.65. The zero-order valence-electron chi connectivity index (χ0n) is 13.4. The molecular weight excluding hydrogens is 326 g/mol. The summed E-state index contributed by atoms with van der Waals surface area (Å²) in [6, 6.07) is 5.51. The fourth-order valence-corrected chi connectivity index (χ4v) is 3.32. The third kappa shape index (κ3) is 4.42. The van der Waals surface area contributed by atoms with Crippen molar-refractivity contribution < 1.29 is 9.59 Å². The third-order valence-corrected chi connectivity index (χ3v) is 4.91. The Hall–Kier alpha value is -2.19. The third-order valence-electron chi connectivity index (χ3n) is 4.04. The van der Waals surface area contributed by atoms with Crippen LogP contribution in [0.2, 0.25) is 0 Å². The van der Waals surface area contributed by atoms with Crippen molar-refractivity contribution in [3.63, 3.8) is 0 Å². The van der Waals surface area contributed by atoms with Gasteiger partial charge in [-0.3, -0.25) is 19.2 Å². The van der Waals surface area contributed by atoms with Crippen LogP contribution in [0.4, 0.5) is 0 Å². The molecule has 128 valence electrons. The monoisotopic (exact) mass is 347 g/mol. The van der Waals surface area contributed by atoms with E-state index in [2.05, 4.69) is 15.3 Å². The minimum Gasteiger partial charge on any atom is -0.350 e. The molecule has 0 radical (unpaired) electrons. The summed E-state index contributed by atoms with van der Waals surface area (Å²) in [5.74, 6) is 0.0855. The quantitative estimate of drug-likeness (QED) is 0.827. The van der Waals surface area contributed by atoms with Gasteiger partial charge in [0.05, 0.1) is 4.88 Å². The molecule has 2 amide bonds. The Labute approximate surface area is 144 Å². The van der Waals surface area contributed by atoms with Crippen molar-refractivity contribution in [2.75, 3.05) is 39.3 Å². The fourth-order valence-electron chi connectivity index (χ4n) is 2.68. The number of aromatic nitrogens is 2. The van der Waals surface area contributed by atoms with Gasteiger partial charge in [-0.1, -0.05) is 6.07 Å². The molecule has 0 bridgehead atoms. The lowest BCUT2D eigenvalue weighted by Crippen LogP contribution is -2.51. The molecule has 2 aromatic rings.